The van der Waals surface area contributed by atoms with Gasteiger partial charge in [0.1, 0.15) is 17.5 Å². The van der Waals surface area contributed by atoms with Crippen molar-refractivity contribution in [1.29, 1.82) is 0 Å². The van der Waals surface area contributed by atoms with Gasteiger partial charge in [-0.15, -0.1) is 0 Å². The highest BCUT2D eigenvalue weighted by atomic mass is 32.1. The van der Waals surface area contributed by atoms with E-state index in [4.69, 9.17) is 0 Å². The van der Waals surface area contributed by atoms with Crippen molar-refractivity contribution in [2.75, 3.05) is 29.6 Å². The van der Waals surface area contributed by atoms with Crippen LogP contribution in [0, 0.1) is 6.92 Å². The fourth-order valence-corrected chi connectivity index (χ4v) is 1.45. The summed E-state index contributed by atoms with van der Waals surface area (Å²) in [4.78, 5) is 11.0. The number of nitrogens with zero attached hydrogens (tertiary/aromatic N) is 3. The summed E-state index contributed by atoms with van der Waals surface area (Å²) in [6, 6.07) is 1.97. The lowest BCUT2D eigenvalue weighted by Crippen LogP contribution is -2.38. The van der Waals surface area contributed by atoms with Crippen molar-refractivity contribution < 1.29 is 0 Å². The van der Waals surface area contributed by atoms with Gasteiger partial charge in [0.15, 0.2) is 0 Å². The molecule has 1 rings (SSSR count). The zero-order chi connectivity index (χ0) is 13.1. The van der Waals surface area contributed by atoms with Gasteiger partial charge in [-0.3, -0.25) is 0 Å². The quantitative estimate of drug-likeness (QED) is 0.809. The number of hydrogen-bond donors (Lipinski definition) is 2. The summed E-state index contributed by atoms with van der Waals surface area (Å²) in [5.41, 5.74) is 0.0433. The molecule has 0 aliphatic carbocycles. The lowest BCUT2D eigenvalue weighted by molar-refractivity contribution is 0.533. The van der Waals surface area contributed by atoms with E-state index in [2.05, 4.69) is 53.6 Å². The number of anilines is 2. The van der Waals surface area contributed by atoms with E-state index >= 15 is 0 Å². The summed E-state index contributed by atoms with van der Waals surface area (Å²) >= 11 is 4.17. The van der Waals surface area contributed by atoms with Gasteiger partial charge < -0.3 is 10.2 Å². The van der Waals surface area contributed by atoms with E-state index in [1.807, 2.05) is 20.0 Å². The Balaban J connectivity index is 2.96. The Kier molecular flexibility index (Phi) is 4.62. The van der Waals surface area contributed by atoms with Gasteiger partial charge in [-0.1, -0.05) is 0 Å². The molecule has 4 nitrogen and oxygen atoms in total. The van der Waals surface area contributed by atoms with Crippen LogP contribution in [-0.4, -0.2) is 34.9 Å². The lowest BCUT2D eigenvalue weighted by Gasteiger charge is -2.33. The minimum atomic E-state index is 0.0433. The third-order valence-corrected chi connectivity index (χ3v) is 2.82. The summed E-state index contributed by atoms with van der Waals surface area (Å²) in [5.74, 6) is 3.36. The fourth-order valence-electron chi connectivity index (χ4n) is 1.34. The molecule has 96 valence electrons. The largest absolute Gasteiger partial charge is 0.369 e. The number of nitrogens with one attached hydrogen (secondary N) is 1. The van der Waals surface area contributed by atoms with Crippen LogP contribution < -0.4 is 10.2 Å². The molecular formula is C12H22N4S. The summed E-state index contributed by atoms with van der Waals surface area (Å²) in [6.45, 7) is 9.19. The number of hydrogen-bond acceptors (Lipinski definition) is 5. The molecule has 0 fully saturated rings. The molecule has 17 heavy (non-hydrogen) atoms. The van der Waals surface area contributed by atoms with Gasteiger partial charge in [-0.25, -0.2) is 9.97 Å². The average Bonchev–Trinajstić information content (AvgIpc) is 2.23. The van der Waals surface area contributed by atoms with Crippen molar-refractivity contribution in [2.45, 2.75) is 33.2 Å². The number of aromatic nitrogens is 2. The highest BCUT2D eigenvalue weighted by Gasteiger charge is 2.19. The minimum absolute atomic E-state index is 0.0433. The molecule has 0 amide bonds. The molecule has 1 aromatic rings. The molecule has 1 N–H and O–H groups in total. The predicted molar refractivity (Wildman–Crippen MR) is 77.3 cm³/mol. The van der Waals surface area contributed by atoms with Gasteiger partial charge in [0.2, 0.25) is 0 Å². The molecule has 0 aromatic carbocycles. The topological polar surface area (TPSA) is 41.1 Å². The van der Waals surface area contributed by atoms with E-state index in [-0.39, 0.29) is 5.54 Å². The van der Waals surface area contributed by atoms with E-state index in [0.717, 1.165) is 29.8 Å². The summed E-state index contributed by atoms with van der Waals surface area (Å²) < 4.78 is 0. The third-order valence-electron chi connectivity index (χ3n) is 2.59. The Hall–Kier alpha value is -0.970. The molecule has 1 aromatic heterocycles. The van der Waals surface area contributed by atoms with Crippen LogP contribution in [0.1, 0.15) is 26.6 Å². The molecular weight excluding hydrogens is 232 g/mol. The zero-order valence-electron chi connectivity index (χ0n) is 11.3. The van der Waals surface area contributed by atoms with E-state index in [1.54, 1.807) is 0 Å². The van der Waals surface area contributed by atoms with E-state index in [9.17, 15) is 0 Å². The maximum Gasteiger partial charge on any atom is 0.134 e. The normalized spacial score (nSPS) is 11.4. The first kappa shape index (κ1) is 14.1. The number of aryl methyl sites for hydroxylation is 1. The van der Waals surface area contributed by atoms with Crippen molar-refractivity contribution in [3.63, 3.8) is 0 Å². The Morgan fingerprint density at radius 2 is 2.00 bits per heavy atom. The molecule has 0 spiro atoms. The Labute approximate surface area is 109 Å². The molecule has 0 radical (unpaired) electrons. The first-order valence-electron chi connectivity index (χ1n) is 5.79. The van der Waals surface area contributed by atoms with Crippen LogP contribution in [0.5, 0.6) is 0 Å². The molecule has 5 heteroatoms. The van der Waals surface area contributed by atoms with Gasteiger partial charge in [0.05, 0.1) is 0 Å². The molecule has 0 aliphatic rings. The van der Waals surface area contributed by atoms with Crippen LogP contribution in [0.25, 0.3) is 0 Å². The molecule has 0 atom stereocenters. The summed E-state index contributed by atoms with van der Waals surface area (Å²) in [6.07, 6.45) is 0. The molecule has 0 saturated carbocycles. The van der Waals surface area contributed by atoms with Gasteiger partial charge in [-0.05, 0) is 27.7 Å². The average molecular weight is 254 g/mol. The standard InChI is InChI=1S/C12H22N4S/c1-9-14-10(13-6-7-17)8-11(15-9)16(5)12(2,3)4/h8,17H,6-7H2,1-5H3,(H,13,14,15). The fraction of sp³-hybridized carbons (Fsp3) is 0.667. The van der Waals surface area contributed by atoms with Crippen LogP contribution in [0.3, 0.4) is 0 Å². The van der Waals surface area contributed by atoms with E-state index in [0.29, 0.717) is 0 Å². The second kappa shape index (κ2) is 5.58. The Bertz CT molecular complexity index is 373. The van der Waals surface area contributed by atoms with Crippen LogP contribution in [0.15, 0.2) is 6.07 Å². The maximum atomic E-state index is 4.46. The van der Waals surface area contributed by atoms with Crippen LogP contribution in [0.4, 0.5) is 11.6 Å². The Morgan fingerprint density at radius 1 is 1.35 bits per heavy atom. The molecule has 0 saturated heterocycles. The molecule has 0 bridgehead atoms. The minimum Gasteiger partial charge on any atom is -0.369 e. The monoisotopic (exact) mass is 254 g/mol. The van der Waals surface area contributed by atoms with Crippen molar-refractivity contribution in [3.8, 4) is 0 Å². The van der Waals surface area contributed by atoms with E-state index < -0.39 is 0 Å². The second-order valence-electron chi connectivity index (χ2n) is 5.04. The molecule has 0 unspecified atom stereocenters. The van der Waals surface area contributed by atoms with Gasteiger partial charge in [-0.2, -0.15) is 12.6 Å². The predicted octanol–water partition coefficient (Wildman–Crippen LogP) is 2.36. The van der Waals surface area contributed by atoms with Crippen LogP contribution >= 0.6 is 12.6 Å². The number of thiol groups is 1. The zero-order valence-corrected chi connectivity index (χ0v) is 12.2. The third kappa shape index (κ3) is 4.07. The Morgan fingerprint density at radius 3 is 2.53 bits per heavy atom. The van der Waals surface area contributed by atoms with E-state index in [1.165, 1.54) is 0 Å². The molecule has 1 heterocycles. The van der Waals surface area contributed by atoms with Gasteiger partial charge in [0.25, 0.3) is 0 Å². The van der Waals surface area contributed by atoms with Gasteiger partial charge >= 0.3 is 0 Å². The van der Waals surface area contributed by atoms with Crippen molar-refractivity contribution in [2.24, 2.45) is 0 Å². The smallest absolute Gasteiger partial charge is 0.134 e. The van der Waals surface area contributed by atoms with Crippen molar-refractivity contribution >= 4 is 24.3 Å². The first-order valence-corrected chi connectivity index (χ1v) is 6.42. The summed E-state index contributed by atoms with van der Waals surface area (Å²) in [7, 11) is 2.05. The van der Waals surface area contributed by atoms with Crippen molar-refractivity contribution in [3.05, 3.63) is 11.9 Å². The second-order valence-corrected chi connectivity index (χ2v) is 5.49. The number of rotatable bonds is 4. The highest BCUT2D eigenvalue weighted by molar-refractivity contribution is 7.80. The lowest BCUT2D eigenvalue weighted by atomic mass is 10.1. The highest BCUT2D eigenvalue weighted by Crippen LogP contribution is 2.21. The van der Waals surface area contributed by atoms with Crippen LogP contribution in [-0.2, 0) is 0 Å². The van der Waals surface area contributed by atoms with Crippen LogP contribution in [0.2, 0.25) is 0 Å². The SMILES string of the molecule is Cc1nc(NCCS)cc(N(C)C(C)(C)C)n1. The first-order chi connectivity index (χ1) is 7.84. The maximum absolute atomic E-state index is 4.46. The molecule has 0 aliphatic heterocycles. The summed E-state index contributed by atoms with van der Waals surface area (Å²) in [5, 5.41) is 3.23. The van der Waals surface area contributed by atoms with Crippen molar-refractivity contribution in [1.82, 2.24) is 9.97 Å². The van der Waals surface area contributed by atoms with Gasteiger partial charge in [0, 0.05) is 31.0 Å².